The van der Waals surface area contributed by atoms with E-state index in [4.69, 9.17) is 5.73 Å². The summed E-state index contributed by atoms with van der Waals surface area (Å²) in [6.07, 6.45) is 1.19. The van der Waals surface area contributed by atoms with Gasteiger partial charge in [0.25, 0.3) is 0 Å². The number of carbonyl (C=O) groups is 1. The van der Waals surface area contributed by atoms with E-state index in [9.17, 15) is 4.79 Å². The minimum absolute atomic E-state index is 0.0413. The van der Waals surface area contributed by atoms with Gasteiger partial charge < -0.3 is 15.5 Å². The molecule has 1 aliphatic rings. The molecule has 1 heterocycles. The van der Waals surface area contributed by atoms with Crippen molar-refractivity contribution in [3.8, 4) is 0 Å². The largest absolute Gasteiger partial charge is 0.344 e. The molecule has 0 saturated carbocycles. The van der Waals surface area contributed by atoms with Crippen LogP contribution in [0, 0.1) is 5.92 Å². The molecular formula is C10H21N3O. The number of hydrogen-bond acceptors (Lipinski definition) is 3. The van der Waals surface area contributed by atoms with E-state index >= 15 is 0 Å². The third-order valence-electron chi connectivity index (χ3n) is 2.79. The number of amides is 1. The first-order chi connectivity index (χ1) is 6.50. The van der Waals surface area contributed by atoms with E-state index < -0.39 is 0 Å². The van der Waals surface area contributed by atoms with Crippen LogP contribution in [0.15, 0.2) is 0 Å². The number of carbonyl (C=O) groups excluding carboxylic acids is 1. The van der Waals surface area contributed by atoms with Crippen molar-refractivity contribution >= 4 is 5.91 Å². The molecule has 4 nitrogen and oxygen atoms in total. The van der Waals surface area contributed by atoms with Crippen molar-refractivity contribution in [2.45, 2.75) is 19.4 Å². The van der Waals surface area contributed by atoms with E-state index in [0.717, 1.165) is 19.6 Å². The van der Waals surface area contributed by atoms with E-state index in [-0.39, 0.29) is 11.9 Å². The fourth-order valence-electron chi connectivity index (χ4n) is 2.00. The van der Waals surface area contributed by atoms with Gasteiger partial charge in [0.15, 0.2) is 0 Å². The average molecular weight is 199 g/mol. The third kappa shape index (κ3) is 2.96. The SMILES string of the molecule is C[C@H](N)C(=O)N(C)CC1CCN(C)C1. The van der Waals surface area contributed by atoms with E-state index in [2.05, 4.69) is 11.9 Å². The molecule has 0 aliphatic carbocycles. The van der Waals surface area contributed by atoms with E-state index in [1.807, 2.05) is 7.05 Å². The third-order valence-corrected chi connectivity index (χ3v) is 2.79. The highest BCUT2D eigenvalue weighted by molar-refractivity contribution is 5.80. The minimum Gasteiger partial charge on any atom is -0.344 e. The van der Waals surface area contributed by atoms with Gasteiger partial charge in [0, 0.05) is 20.1 Å². The van der Waals surface area contributed by atoms with Crippen LogP contribution in [0.2, 0.25) is 0 Å². The maximum atomic E-state index is 11.5. The molecular weight excluding hydrogens is 178 g/mol. The van der Waals surface area contributed by atoms with Crippen LogP contribution in [0.3, 0.4) is 0 Å². The van der Waals surface area contributed by atoms with Crippen LogP contribution in [-0.4, -0.2) is 55.5 Å². The van der Waals surface area contributed by atoms with Gasteiger partial charge in [-0.05, 0) is 32.9 Å². The Morgan fingerprint density at radius 1 is 1.71 bits per heavy atom. The van der Waals surface area contributed by atoms with Crippen LogP contribution in [0.5, 0.6) is 0 Å². The van der Waals surface area contributed by atoms with Gasteiger partial charge in [-0.1, -0.05) is 0 Å². The number of rotatable bonds is 3. The Labute approximate surface area is 86.0 Å². The van der Waals surface area contributed by atoms with Gasteiger partial charge in [0.1, 0.15) is 0 Å². The maximum Gasteiger partial charge on any atom is 0.238 e. The molecule has 0 aromatic rings. The Morgan fingerprint density at radius 2 is 2.36 bits per heavy atom. The van der Waals surface area contributed by atoms with Crippen LogP contribution in [-0.2, 0) is 4.79 Å². The Kier molecular flexibility index (Phi) is 3.89. The summed E-state index contributed by atoms with van der Waals surface area (Å²) in [6.45, 7) is 4.81. The molecule has 0 radical (unpaired) electrons. The van der Waals surface area contributed by atoms with Crippen LogP contribution in [0.25, 0.3) is 0 Å². The molecule has 0 spiro atoms. The van der Waals surface area contributed by atoms with E-state index in [1.54, 1.807) is 11.8 Å². The zero-order chi connectivity index (χ0) is 10.7. The fourth-order valence-corrected chi connectivity index (χ4v) is 2.00. The Bertz CT molecular complexity index is 206. The maximum absolute atomic E-state index is 11.5. The average Bonchev–Trinajstić information content (AvgIpc) is 2.49. The highest BCUT2D eigenvalue weighted by atomic mass is 16.2. The molecule has 1 aliphatic heterocycles. The second-order valence-electron chi connectivity index (χ2n) is 4.42. The number of likely N-dealkylation sites (tertiary alicyclic amines) is 1. The van der Waals surface area contributed by atoms with Gasteiger partial charge in [-0.3, -0.25) is 4.79 Å². The highest BCUT2D eigenvalue weighted by Crippen LogP contribution is 2.15. The first-order valence-electron chi connectivity index (χ1n) is 5.19. The standard InChI is InChI=1S/C10H21N3O/c1-8(11)10(14)13(3)7-9-4-5-12(2)6-9/h8-9H,4-7,11H2,1-3H3/t8-,9?/m0/s1. The topological polar surface area (TPSA) is 49.6 Å². The minimum atomic E-state index is -0.376. The van der Waals surface area contributed by atoms with Crippen LogP contribution < -0.4 is 5.73 Å². The zero-order valence-corrected chi connectivity index (χ0v) is 9.36. The molecule has 0 aromatic heterocycles. The summed E-state index contributed by atoms with van der Waals surface area (Å²) >= 11 is 0. The van der Waals surface area contributed by atoms with Crippen LogP contribution in [0.1, 0.15) is 13.3 Å². The first-order valence-corrected chi connectivity index (χ1v) is 5.19. The van der Waals surface area contributed by atoms with Gasteiger partial charge in [0.2, 0.25) is 5.91 Å². The Morgan fingerprint density at radius 3 is 2.79 bits per heavy atom. The van der Waals surface area contributed by atoms with E-state index in [1.165, 1.54) is 6.42 Å². The Balaban J connectivity index is 2.33. The second-order valence-corrected chi connectivity index (χ2v) is 4.42. The van der Waals surface area contributed by atoms with E-state index in [0.29, 0.717) is 5.92 Å². The van der Waals surface area contributed by atoms with Crippen molar-refractivity contribution in [3.05, 3.63) is 0 Å². The first kappa shape index (κ1) is 11.5. The molecule has 0 bridgehead atoms. The quantitative estimate of drug-likeness (QED) is 0.681. The number of likely N-dealkylation sites (N-methyl/N-ethyl adjacent to an activating group) is 1. The summed E-state index contributed by atoms with van der Waals surface area (Å²) in [5.74, 6) is 0.659. The lowest BCUT2D eigenvalue weighted by molar-refractivity contribution is -0.131. The van der Waals surface area contributed by atoms with Crippen molar-refractivity contribution in [1.29, 1.82) is 0 Å². The summed E-state index contributed by atoms with van der Waals surface area (Å²) in [4.78, 5) is 15.6. The molecule has 1 fully saturated rings. The van der Waals surface area contributed by atoms with Crippen molar-refractivity contribution < 1.29 is 4.79 Å². The summed E-state index contributed by atoms with van der Waals surface area (Å²) in [5, 5.41) is 0. The summed E-state index contributed by atoms with van der Waals surface area (Å²) in [5.41, 5.74) is 5.54. The molecule has 2 atom stereocenters. The molecule has 2 N–H and O–H groups in total. The molecule has 0 aromatic carbocycles. The summed E-state index contributed by atoms with van der Waals surface area (Å²) in [6, 6.07) is -0.376. The van der Waals surface area contributed by atoms with Gasteiger partial charge in [-0.25, -0.2) is 0 Å². The van der Waals surface area contributed by atoms with Crippen molar-refractivity contribution in [3.63, 3.8) is 0 Å². The molecule has 1 saturated heterocycles. The monoisotopic (exact) mass is 199 g/mol. The van der Waals surface area contributed by atoms with Crippen molar-refractivity contribution in [1.82, 2.24) is 9.80 Å². The van der Waals surface area contributed by atoms with Gasteiger partial charge >= 0.3 is 0 Å². The van der Waals surface area contributed by atoms with Gasteiger partial charge in [-0.15, -0.1) is 0 Å². The van der Waals surface area contributed by atoms with Crippen molar-refractivity contribution in [2.24, 2.45) is 11.7 Å². The second kappa shape index (κ2) is 4.75. The Hall–Kier alpha value is -0.610. The van der Waals surface area contributed by atoms with Crippen LogP contribution in [0.4, 0.5) is 0 Å². The lowest BCUT2D eigenvalue weighted by atomic mass is 10.1. The lowest BCUT2D eigenvalue weighted by Gasteiger charge is -2.22. The molecule has 1 amide bonds. The van der Waals surface area contributed by atoms with Crippen molar-refractivity contribution in [2.75, 3.05) is 33.7 Å². The smallest absolute Gasteiger partial charge is 0.238 e. The fraction of sp³-hybridized carbons (Fsp3) is 0.900. The predicted octanol–water partition coefficient (Wildman–Crippen LogP) is -0.256. The lowest BCUT2D eigenvalue weighted by Crippen LogP contribution is -2.42. The number of hydrogen-bond donors (Lipinski definition) is 1. The summed E-state index contributed by atoms with van der Waals surface area (Å²) in [7, 11) is 3.96. The number of nitrogens with two attached hydrogens (primary N) is 1. The molecule has 4 heteroatoms. The summed E-state index contributed by atoms with van der Waals surface area (Å²) < 4.78 is 0. The highest BCUT2D eigenvalue weighted by Gasteiger charge is 2.23. The molecule has 1 rings (SSSR count). The van der Waals surface area contributed by atoms with Gasteiger partial charge in [0.05, 0.1) is 6.04 Å². The molecule has 82 valence electrons. The molecule has 1 unspecified atom stereocenters. The van der Waals surface area contributed by atoms with Gasteiger partial charge in [-0.2, -0.15) is 0 Å². The zero-order valence-electron chi connectivity index (χ0n) is 9.36. The normalized spacial score (nSPS) is 25.0. The number of nitrogens with zero attached hydrogens (tertiary/aromatic N) is 2. The molecule has 14 heavy (non-hydrogen) atoms. The van der Waals surface area contributed by atoms with Crippen LogP contribution >= 0.6 is 0 Å². The predicted molar refractivity (Wildman–Crippen MR) is 56.9 cm³/mol.